The number of rotatable bonds is 13. The third kappa shape index (κ3) is 7.33. The first kappa shape index (κ1) is 26.2. The Morgan fingerprint density at radius 3 is 2.50 bits per heavy atom. The summed E-state index contributed by atoms with van der Waals surface area (Å²) in [5, 5.41) is 8.41. The van der Waals surface area contributed by atoms with Gasteiger partial charge in [-0.1, -0.05) is 56.5 Å². The van der Waals surface area contributed by atoms with Gasteiger partial charge in [0, 0.05) is 37.6 Å². The molecule has 0 radical (unpaired) electrons. The Morgan fingerprint density at radius 1 is 0.917 bits per heavy atom. The van der Waals surface area contributed by atoms with Gasteiger partial charge in [0.25, 0.3) is 0 Å². The van der Waals surface area contributed by atoms with Crippen LogP contribution in [0, 0.1) is 5.92 Å². The number of fused-ring (bicyclic) bond motifs is 1. The van der Waals surface area contributed by atoms with E-state index in [0.29, 0.717) is 12.0 Å². The Kier molecular flexibility index (Phi) is 9.79. The molecule has 1 heterocycles. The van der Waals surface area contributed by atoms with Crippen LogP contribution in [0.15, 0.2) is 48.5 Å². The average Bonchev–Trinajstić information content (AvgIpc) is 2.90. The maximum absolute atomic E-state index is 6.08. The van der Waals surface area contributed by atoms with Crippen molar-refractivity contribution in [1.82, 2.24) is 15.3 Å². The molecule has 1 fully saturated rings. The lowest BCUT2D eigenvalue weighted by molar-refractivity contribution is 0.299. The molecule has 2 N–H and O–H groups in total. The van der Waals surface area contributed by atoms with E-state index in [-0.39, 0.29) is 0 Å². The Morgan fingerprint density at radius 2 is 1.69 bits per heavy atom. The first-order valence-corrected chi connectivity index (χ1v) is 13.8. The second kappa shape index (κ2) is 13.4. The van der Waals surface area contributed by atoms with Gasteiger partial charge in [0.2, 0.25) is 5.95 Å². The van der Waals surface area contributed by atoms with Crippen LogP contribution in [-0.2, 0) is 6.54 Å². The highest BCUT2D eigenvalue weighted by molar-refractivity contribution is 5.90. The highest BCUT2D eigenvalue weighted by Gasteiger charge is 2.22. The molecule has 1 aliphatic rings. The fourth-order valence-electron chi connectivity index (χ4n) is 5.07. The summed E-state index contributed by atoms with van der Waals surface area (Å²) < 4.78 is 6.08. The van der Waals surface area contributed by atoms with Crippen molar-refractivity contribution in [2.24, 2.45) is 5.92 Å². The third-order valence-electron chi connectivity index (χ3n) is 7.16. The van der Waals surface area contributed by atoms with Crippen LogP contribution in [-0.4, -0.2) is 43.3 Å². The fraction of sp³-hybridized carbons (Fsp3) is 0.533. The topological polar surface area (TPSA) is 62.3 Å². The van der Waals surface area contributed by atoms with Crippen LogP contribution in [0.5, 0.6) is 5.75 Å². The molecule has 0 unspecified atom stereocenters. The molecule has 0 amide bonds. The molecule has 6 nitrogen and oxygen atoms in total. The van der Waals surface area contributed by atoms with E-state index in [1.807, 2.05) is 26.2 Å². The summed E-state index contributed by atoms with van der Waals surface area (Å²) in [7, 11) is 4.07. The molecule has 194 valence electrons. The maximum atomic E-state index is 6.08. The zero-order chi connectivity index (χ0) is 25.2. The number of nitrogens with one attached hydrogen (secondary N) is 2. The molecule has 0 bridgehead atoms. The molecular weight excluding hydrogens is 446 g/mol. The number of nitrogens with zero attached hydrogens (tertiary/aromatic N) is 3. The number of anilines is 2. The average molecular weight is 490 g/mol. The van der Waals surface area contributed by atoms with Gasteiger partial charge in [-0.05, 0) is 62.8 Å². The van der Waals surface area contributed by atoms with Crippen LogP contribution in [0.3, 0.4) is 0 Å². The molecular formula is C30H43N5O. The van der Waals surface area contributed by atoms with Crippen LogP contribution >= 0.6 is 0 Å². The second-order valence-electron chi connectivity index (χ2n) is 10.3. The van der Waals surface area contributed by atoms with Gasteiger partial charge in [0.05, 0.1) is 12.1 Å². The lowest BCUT2D eigenvalue weighted by Crippen LogP contribution is -2.31. The van der Waals surface area contributed by atoms with Gasteiger partial charge in [-0.3, -0.25) is 0 Å². The van der Waals surface area contributed by atoms with Gasteiger partial charge < -0.3 is 20.3 Å². The van der Waals surface area contributed by atoms with E-state index in [2.05, 4.69) is 58.9 Å². The standard InChI is InChI=1S/C30H43N5O/c1-4-5-6-11-20-36-28-15-10-7-12-24(28)22-31-21-23-16-18-25(19-17-23)32-30-33-27-14-9-8-13-26(27)29(34-30)35(2)3/h7-10,12-15,23,25,31H,4-6,11,16-22H2,1-3H3,(H,32,33,34). The van der Waals surface area contributed by atoms with Crippen molar-refractivity contribution >= 4 is 22.7 Å². The minimum absolute atomic E-state index is 0.430. The van der Waals surface area contributed by atoms with E-state index in [1.54, 1.807) is 0 Å². The third-order valence-corrected chi connectivity index (χ3v) is 7.16. The second-order valence-corrected chi connectivity index (χ2v) is 10.3. The predicted octanol–water partition coefficient (Wildman–Crippen LogP) is 6.42. The summed E-state index contributed by atoms with van der Waals surface area (Å²) in [6.07, 6.45) is 9.66. The molecule has 3 aromatic rings. The van der Waals surface area contributed by atoms with Gasteiger partial charge >= 0.3 is 0 Å². The molecule has 0 aliphatic heterocycles. The van der Waals surface area contributed by atoms with E-state index in [1.165, 1.54) is 37.7 Å². The summed E-state index contributed by atoms with van der Waals surface area (Å²) in [4.78, 5) is 11.7. The lowest BCUT2D eigenvalue weighted by atomic mass is 9.86. The summed E-state index contributed by atoms with van der Waals surface area (Å²) in [6, 6.07) is 17.1. The number of unbranched alkanes of at least 4 members (excludes halogenated alkanes) is 3. The Hall–Kier alpha value is -2.86. The van der Waals surface area contributed by atoms with Gasteiger partial charge in [0.15, 0.2) is 0 Å². The monoisotopic (exact) mass is 489 g/mol. The largest absolute Gasteiger partial charge is 0.493 e. The lowest BCUT2D eigenvalue weighted by Gasteiger charge is -2.29. The summed E-state index contributed by atoms with van der Waals surface area (Å²) in [5.41, 5.74) is 2.25. The summed E-state index contributed by atoms with van der Waals surface area (Å²) in [5.74, 6) is 3.44. The molecule has 0 saturated heterocycles. The van der Waals surface area contributed by atoms with Crippen LogP contribution in [0.4, 0.5) is 11.8 Å². The summed E-state index contributed by atoms with van der Waals surface area (Å²) in [6.45, 7) is 4.96. The Balaban J connectivity index is 1.22. The van der Waals surface area contributed by atoms with Crippen molar-refractivity contribution in [3.05, 3.63) is 54.1 Å². The molecule has 1 aromatic heterocycles. The predicted molar refractivity (Wildman–Crippen MR) is 151 cm³/mol. The SMILES string of the molecule is CCCCCCOc1ccccc1CNCC1CCC(Nc2nc(N(C)C)c3ccccc3n2)CC1. The highest BCUT2D eigenvalue weighted by Crippen LogP contribution is 2.28. The van der Waals surface area contributed by atoms with Gasteiger partial charge in [-0.25, -0.2) is 4.98 Å². The van der Waals surface area contributed by atoms with Gasteiger partial charge in [-0.15, -0.1) is 0 Å². The van der Waals surface area contributed by atoms with Crippen LogP contribution < -0.4 is 20.3 Å². The first-order chi connectivity index (χ1) is 17.6. The van der Waals surface area contributed by atoms with E-state index < -0.39 is 0 Å². The zero-order valence-electron chi connectivity index (χ0n) is 22.3. The Bertz CT molecular complexity index is 1080. The van der Waals surface area contributed by atoms with Gasteiger partial charge in [0.1, 0.15) is 11.6 Å². The Labute approximate surface area is 216 Å². The zero-order valence-corrected chi connectivity index (χ0v) is 22.3. The fourth-order valence-corrected chi connectivity index (χ4v) is 5.07. The van der Waals surface area contributed by atoms with Crippen molar-refractivity contribution in [2.45, 2.75) is 70.9 Å². The molecule has 0 spiro atoms. The molecule has 36 heavy (non-hydrogen) atoms. The molecule has 6 heteroatoms. The van der Waals surface area contributed by atoms with E-state index in [4.69, 9.17) is 14.7 Å². The van der Waals surface area contributed by atoms with E-state index >= 15 is 0 Å². The smallest absolute Gasteiger partial charge is 0.225 e. The van der Waals surface area contributed by atoms with Gasteiger partial charge in [-0.2, -0.15) is 4.98 Å². The minimum atomic E-state index is 0.430. The van der Waals surface area contributed by atoms with Crippen molar-refractivity contribution < 1.29 is 4.74 Å². The maximum Gasteiger partial charge on any atom is 0.225 e. The molecule has 1 aliphatic carbocycles. The number of hydrogen-bond acceptors (Lipinski definition) is 6. The number of ether oxygens (including phenoxy) is 1. The van der Waals surface area contributed by atoms with Crippen LogP contribution in [0.1, 0.15) is 63.9 Å². The van der Waals surface area contributed by atoms with Crippen molar-refractivity contribution in [2.75, 3.05) is 37.5 Å². The molecule has 0 atom stereocenters. The van der Waals surface area contributed by atoms with Crippen LogP contribution in [0.2, 0.25) is 0 Å². The van der Waals surface area contributed by atoms with E-state index in [0.717, 1.165) is 67.4 Å². The first-order valence-electron chi connectivity index (χ1n) is 13.8. The normalized spacial score (nSPS) is 17.8. The van der Waals surface area contributed by atoms with Crippen molar-refractivity contribution in [3.8, 4) is 5.75 Å². The number of hydrogen-bond donors (Lipinski definition) is 2. The van der Waals surface area contributed by atoms with E-state index in [9.17, 15) is 0 Å². The molecule has 2 aromatic carbocycles. The summed E-state index contributed by atoms with van der Waals surface area (Å²) >= 11 is 0. The number of aromatic nitrogens is 2. The molecule has 4 rings (SSSR count). The van der Waals surface area contributed by atoms with Crippen molar-refractivity contribution in [1.29, 1.82) is 0 Å². The number of para-hydroxylation sites is 2. The quantitative estimate of drug-likeness (QED) is 0.270. The van der Waals surface area contributed by atoms with Crippen molar-refractivity contribution in [3.63, 3.8) is 0 Å². The highest BCUT2D eigenvalue weighted by atomic mass is 16.5. The van der Waals surface area contributed by atoms with Crippen LogP contribution in [0.25, 0.3) is 10.9 Å². The number of benzene rings is 2. The minimum Gasteiger partial charge on any atom is -0.493 e. The molecule has 1 saturated carbocycles.